The van der Waals surface area contributed by atoms with Crippen LogP contribution in [0.2, 0.25) is 0 Å². The van der Waals surface area contributed by atoms with Crippen LogP contribution in [0, 0.1) is 5.92 Å². The van der Waals surface area contributed by atoms with Gasteiger partial charge < -0.3 is 0 Å². The Hall–Kier alpha value is -1.94. The third kappa shape index (κ3) is 2.39. The van der Waals surface area contributed by atoms with Crippen molar-refractivity contribution >= 4 is 27.7 Å². The van der Waals surface area contributed by atoms with Crippen molar-refractivity contribution in [2.45, 2.75) is 20.4 Å². The fraction of sp³-hybridized carbons (Fsp3) is 0.250. The molecular formula is C16H16N2OS. The molecular weight excluding hydrogens is 268 g/mol. The van der Waals surface area contributed by atoms with Gasteiger partial charge in [-0.15, -0.1) is 11.3 Å². The summed E-state index contributed by atoms with van der Waals surface area (Å²) in [5, 5.41) is 5.78. The van der Waals surface area contributed by atoms with E-state index >= 15 is 0 Å². The second kappa shape index (κ2) is 5.21. The molecule has 2 aromatic heterocycles. The summed E-state index contributed by atoms with van der Waals surface area (Å²) in [4.78, 5) is 12.3. The maximum Gasteiger partial charge on any atom is 0.153 e. The molecule has 0 amide bonds. The number of thiophene rings is 1. The molecule has 0 radical (unpaired) electrons. The molecule has 0 saturated heterocycles. The molecule has 0 N–H and O–H groups in total. The van der Waals surface area contributed by atoms with Crippen LogP contribution in [0.4, 0.5) is 0 Å². The quantitative estimate of drug-likeness (QED) is 0.672. The Morgan fingerprint density at radius 3 is 2.85 bits per heavy atom. The summed E-state index contributed by atoms with van der Waals surface area (Å²) in [6, 6.07) is 10.3. The molecule has 0 atom stereocenters. The predicted molar refractivity (Wildman–Crippen MR) is 83.3 cm³/mol. The molecule has 2 heterocycles. The summed E-state index contributed by atoms with van der Waals surface area (Å²) in [7, 11) is 0. The zero-order chi connectivity index (χ0) is 14.1. The van der Waals surface area contributed by atoms with Gasteiger partial charge in [-0.2, -0.15) is 5.10 Å². The predicted octanol–water partition coefficient (Wildman–Crippen LogP) is 4.23. The fourth-order valence-corrected chi connectivity index (χ4v) is 3.35. The highest BCUT2D eigenvalue weighted by molar-refractivity contribution is 7.22. The first kappa shape index (κ1) is 13.1. The van der Waals surface area contributed by atoms with Gasteiger partial charge in [0, 0.05) is 17.4 Å². The highest BCUT2D eigenvalue weighted by atomic mass is 32.1. The van der Waals surface area contributed by atoms with E-state index < -0.39 is 0 Å². The van der Waals surface area contributed by atoms with Gasteiger partial charge in [0.25, 0.3) is 0 Å². The highest BCUT2D eigenvalue weighted by Gasteiger charge is 2.14. The number of aldehydes is 1. The van der Waals surface area contributed by atoms with Gasteiger partial charge in [-0.05, 0) is 23.4 Å². The van der Waals surface area contributed by atoms with Crippen LogP contribution in [0.5, 0.6) is 0 Å². The van der Waals surface area contributed by atoms with E-state index in [1.165, 1.54) is 10.1 Å². The van der Waals surface area contributed by atoms with Crippen LogP contribution in [0.1, 0.15) is 24.2 Å². The molecule has 4 heteroatoms. The number of benzene rings is 1. The third-order valence-electron chi connectivity index (χ3n) is 3.13. The van der Waals surface area contributed by atoms with E-state index in [-0.39, 0.29) is 0 Å². The topological polar surface area (TPSA) is 34.9 Å². The van der Waals surface area contributed by atoms with Crippen molar-refractivity contribution in [3.63, 3.8) is 0 Å². The number of aromatic nitrogens is 2. The van der Waals surface area contributed by atoms with Crippen LogP contribution in [-0.4, -0.2) is 16.1 Å². The normalized spacial score (nSPS) is 11.3. The third-order valence-corrected chi connectivity index (χ3v) is 4.25. The van der Waals surface area contributed by atoms with Crippen molar-refractivity contribution in [3.8, 4) is 10.6 Å². The van der Waals surface area contributed by atoms with Gasteiger partial charge in [0.2, 0.25) is 0 Å². The molecule has 0 fully saturated rings. The Balaban J connectivity index is 2.07. The van der Waals surface area contributed by atoms with Crippen molar-refractivity contribution < 1.29 is 4.79 Å². The standard InChI is InChI=1S/C16H16N2OS/c1-11(2)8-18-9-13(10-19)16(17-18)15-7-12-5-3-4-6-14(12)20-15/h3-7,9-11H,8H2,1-2H3. The van der Waals surface area contributed by atoms with Crippen molar-refractivity contribution in [2.75, 3.05) is 0 Å². The molecule has 0 aliphatic rings. The van der Waals surface area contributed by atoms with E-state index in [1.807, 2.05) is 23.0 Å². The van der Waals surface area contributed by atoms with Crippen molar-refractivity contribution in [1.29, 1.82) is 0 Å². The Labute approximate surface area is 121 Å². The summed E-state index contributed by atoms with van der Waals surface area (Å²) in [6.45, 7) is 5.11. The van der Waals surface area contributed by atoms with Crippen LogP contribution < -0.4 is 0 Å². The molecule has 0 bridgehead atoms. The minimum atomic E-state index is 0.504. The van der Waals surface area contributed by atoms with Crippen molar-refractivity contribution in [1.82, 2.24) is 9.78 Å². The van der Waals surface area contributed by atoms with E-state index in [2.05, 4.69) is 37.1 Å². The SMILES string of the molecule is CC(C)Cn1cc(C=O)c(-c2cc3ccccc3s2)n1. The number of hydrogen-bond acceptors (Lipinski definition) is 3. The molecule has 0 aliphatic carbocycles. The second-order valence-corrected chi connectivity index (χ2v) is 6.40. The first-order valence-electron chi connectivity index (χ1n) is 6.69. The summed E-state index contributed by atoms with van der Waals surface area (Å²) >= 11 is 1.68. The van der Waals surface area contributed by atoms with Gasteiger partial charge in [-0.25, -0.2) is 0 Å². The van der Waals surface area contributed by atoms with Crippen molar-refractivity contribution in [2.24, 2.45) is 5.92 Å². The first-order chi connectivity index (χ1) is 9.67. The number of hydrogen-bond donors (Lipinski definition) is 0. The van der Waals surface area contributed by atoms with Gasteiger partial charge in [-0.3, -0.25) is 9.48 Å². The lowest BCUT2D eigenvalue weighted by Gasteiger charge is -2.03. The van der Waals surface area contributed by atoms with E-state index in [4.69, 9.17) is 0 Å². The lowest BCUT2D eigenvalue weighted by atomic mass is 10.2. The lowest BCUT2D eigenvalue weighted by molar-refractivity contribution is 0.112. The molecule has 0 aliphatic heterocycles. The van der Waals surface area contributed by atoms with E-state index in [9.17, 15) is 4.79 Å². The highest BCUT2D eigenvalue weighted by Crippen LogP contribution is 2.33. The second-order valence-electron chi connectivity index (χ2n) is 5.32. The molecule has 1 aromatic carbocycles. The number of carbonyl (C=O) groups excluding carboxylic acids is 1. The van der Waals surface area contributed by atoms with Gasteiger partial charge in [0.1, 0.15) is 5.69 Å². The van der Waals surface area contributed by atoms with Crippen LogP contribution in [-0.2, 0) is 6.54 Å². The molecule has 0 saturated carbocycles. The lowest BCUT2D eigenvalue weighted by Crippen LogP contribution is -2.04. The van der Waals surface area contributed by atoms with Crippen LogP contribution in [0.3, 0.4) is 0 Å². The number of nitrogens with zero attached hydrogens (tertiary/aromatic N) is 2. The molecule has 102 valence electrons. The monoisotopic (exact) mass is 284 g/mol. The Morgan fingerprint density at radius 1 is 1.35 bits per heavy atom. The molecule has 3 aromatic rings. The van der Waals surface area contributed by atoms with Gasteiger partial charge >= 0.3 is 0 Å². The Morgan fingerprint density at radius 2 is 2.15 bits per heavy atom. The maximum absolute atomic E-state index is 11.3. The van der Waals surface area contributed by atoms with Gasteiger partial charge in [0.05, 0.1) is 10.4 Å². The minimum absolute atomic E-state index is 0.504. The number of carbonyl (C=O) groups is 1. The van der Waals surface area contributed by atoms with E-state index in [0.29, 0.717) is 11.5 Å². The molecule has 3 nitrogen and oxygen atoms in total. The summed E-state index contributed by atoms with van der Waals surface area (Å²) < 4.78 is 3.09. The van der Waals surface area contributed by atoms with E-state index in [0.717, 1.165) is 23.4 Å². The summed E-state index contributed by atoms with van der Waals surface area (Å²) in [5.41, 5.74) is 1.46. The zero-order valence-electron chi connectivity index (χ0n) is 11.5. The Kier molecular flexibility index (Phi) is 3.40. The van der Waals surface area contributed by atoms with E-state index in [1.54, 1.807) is 11.3 Å². The Bertz CT molecular complexity index is 722. The summed E-state index contributed by atoms with van der Waals surface area (Å²) in [6.07, 6.45) is 2.73. The average molecular weight is 284 g/mol. The maximum atomic E-state index is 11.3. The minimum Gasteiger partial charge on any atom is -0.298 e. The number of fused-ring (bicyclic) bond motifs is 1. The largest absolute Gasteiger partial charge is 0.298 e. The summed E-state index contributed by atoms with van der Waals surface area (Å²) in [5.74, 6) is 0.504. The first-order valence-corrected chi connectivity index (χ1v) is 7.50. The zero-order valence-corrected chi connectivity index (χ0v) is 12.4. The molecule has 20 heavy (non-hydrogen) atoms. The van der Waals surface area contributed by atoms with Gasteiger partial charge in [0.15, 0.2) is 6.29 Å². The van der Waals surface area contributed by atoms with Crippen LogP contribution in [0.25, 0.3) is 20.7 Å². The van der Waals surface area contributed by atoms with Crippen LogP contribution >= 0.6 is 11.3 Å². The van der Waals surface area contributed by atoms with Crippen molar-refractivity contribution in [3.05, 3.63) is 42.1 Å². The molecule has 3 rings (SSSR count). The fourth-order valence-electron chi connectivity index (χ4n) is 2.28. The molecule has 0 spiro atoms. The number of rotatable bonds is 4. The molecule has 0 unspecified atom stereocenters. The van der Waals surface area contributed by atoms with Crippen LogP contribution in [0.15, 0.2) is 36.5 Å². The van der Waals surface area contributed by atoms with Gasteiger partial charge in [-0.1, -0.05) is 32.0 Å². The average Bonchev–Trinajstić information content (AvgIpc) is 3.00. The smallest absolute Gasteiger partial charge is 0.153 e.